The Balaban J connectivity index is 1.45. The average Bonchev–Trinajstić information content (AvgIpc) is 3.43. The normalized spacial score (nSPS) is 15.9. The number of nitrogens with zero attached hydrogens (tertiary/aromatic N) is 3. The molecule has 2 aromatic carbocycles. The van der Waals surface area contributed by atoms with Crippen LogP contribution in [0, 0.1) is 12.7 Å². The van der Waals surface area contributed by atoms with Gasteiger partial charge in [0.2, 0.25) is 0 Å². The predicted octanol–water partition coefficient (Wildman–Crippen LogP) is 4.49. The number of aromatic nitrogens is 3. The Kier molecular flexibility index (Phi) is 6.99. The summed E-state index contributed by atoms with van der Waals surface area (Å²) in [6.07, 6.45) is 2.16. The third-order valence-electron chi connectivity index (χ3n) is 5.20. The van der Waals surface area contributed by atoms with Crippen molar-refractivity contribution in [1.82, 2.24) is 14.8 Å². The van der Waals surface area contributed by atoms with E-state index < -0.39 is 0 Å². The van der Waals surface area contributed by atoms with E-state index in [0.717, 1.165) is 36.5 Å². The van der Waals surface area contributed by atoms with Gasteiger partial charge in [0, 0.05) is 17.9 Å². The van der Waals surface area contributed by atoms with Crippen LogP contribution in [0.2, 0.25) is 0 Å². The van der Waals surface area contributed by atoms with Gasteiger partial charge < -0.3 is 14.6 Å². The predicted molar refractivity (Wildman–Crippen MR) is 119 cm³/mol. The van der Waals surface area contributed by atoms with Crippen molar-refractivity contribution in [1.29, 1.82) is 0 Å². The van der Waals surface area contributed by atoms with Crippen molar-refractivity contribution in [3.63, 3.8) is 0 Å². The van der Waals surface area contributed by atoms with Gasteiger partial charge in [-0.05, 0) is 44.0 Å². The number of carbonyl (C=O) groups excluding carboxylic acids is 1. The van der Waals surface area contributed by atoms with Crippen LogP contribution >= 0.6 is 11.8 Å². The van der Waals surface area contributed by atoms with Gasteiger partial charge in [-0.2, -0.15) is 0 Å². The summed E-state index contributed by atoms with van der Waals surface area (Å²) in [7, 11) is 0. The van der Waals surface area contributed by atoms with Gasteiger partial charge in [-0.1, -0.05) is 41.6 Å². The molecule has 31 heavy (non-hydrogen) atoms. The molecule has 4 rings (SSSR count). The van der Waals surface area contributed by atoms with Crippen molar-refractivity contribution < 1.29 is 13.9 Å². The smallest absolute Gasteiger partial charge is 0.191 e. The molecular weight excluding hydrogens is 415 g/mol. The second kappa shape index (κ2) is 10.1. The van der Waals surface area contributed by atoms with E-state index in [-0.39, 0.29) is 23.5 Å². The van der Waals surface area contributed by atoms with Crippen LogP contribution in [0.1, 0.15) is 34.6 Å². The molecule has 1 aliphatic heterocycles. The summed E-state index contributed by atoms with van der Waals surface area (Å²) in [5.74, 6) is 0.828. The van der Waals surface area contributed by atoms with Crippen LogP contribution in [-0.2, 0) is 17.8 Å². The first-order valence-electron chi connectivity index (χ1n) is 10.3. The highest BCUT2D eigenvalue weighted by molar-refractivity contribution is 7.99. The van der Waals surface area contributed by atoms with E-state index in [0.29, 0.717) is 23.8 Å². The third kappa shape index (κ3) is 5.71. The number of benzene rings is 2. The van der Waals surface area contributed by atoms with Gasteiger partial charge in [0.25, 0.3) is 0 Å². The quantitative estimate of drug-likeness (QED) is 0.391. The van der Waals surface area contributed by atoms with E-state index in [1.165, 1.54) is 23.9 Å². The summed E-state index contributed by atoms with van der Waals surface area (Å²) in [4.78, 5) is 12.6. The van der Waals surface area contributed by atoms with Crippen molar-refractivity contribution in [2.75, 3.05) is 17.7 Å². The molecule has 2 heterocycles. The van der Waals surface area contributed by atoms with Crippen LogP contribution < -0.4 is 5.32 Å². The lowest BCUT2D eigenvalue weighted by molar-refractivity contribution is 0.0942. The highest BCUT2D eigenvalue weighted by Gasteiger charge is 2.21. The van der Waals surface area contributed by atoms with E-state index in [9.17, 15) is 9.18 Å². The minimum Gasteiger partial charge on any atom is -0.378 e. The number of anilines is 1. The van der Waals surface area contributed by atoms with Gasteiger partial charge >= 0.3 is 0 Å². The molecule has 0 amide bonds. The molecular formula is C23H25FN4O2S. The van der Waals surface area contributed by atoms with Crippen LogP contribution in [0.5, 0.6) is 0 Å². The molecule has 0 bridgehead atoms. The lowest BCUT2D eigenvalue weighted by atomic mass is 10.1. The van der Waals surface area contributed by atoms with Gasteiger partial charge in [0.15, 0.2) is 16.8 Å². The number of aryl methyl sites for hydroxylation is 1. The van der Waals surface area contributed by atoms with Gasteiger partial charge in [-0.25, -0.2) is 4.39 Å². The minimum absolute atomic E-state index is 0.0580. The second-order valence-electron chi connectivity index (χ2n) is 7.58. The SMILES string of the molecule is Cc1ccc(C(=O)CSc2nnc(CNc3ccc(F)cc3)n2C[C@@H]2CCCO2)cc1. The van der Waals surface area contributed by atoms with E-state index in [1.54, 1.807) is 12.1 Å². The Morgan fingerprint density at radius 3 is 2.68 bits per heavy atom. The van der Waals surface area contributed by atoms with Gasteiger partial charge in [-0.15, -0.1) is 10.2 Å². The monoisotopic (exact) mass is 440 g/mol. The highest BCUT2D eigenvalue weighted by Crippen LogP contribution is 2.23. The van der Waals surface area contributed by atoms with Crippen LogP contribution in [0.25, 0.3) is 0 Å². The Bertz CT molecular complexity index is 1020. The van der Waals surface area contributed by atoms with Gasteiger partial charge in [-0.3, -0.25) is 4.79 Å². The van der Waals surface area contributed by atoms with Crippen molar-refractivity contribution in [3.8, 4) is 0 Å². The van der Waals surface area contributed by atoms with Crippen molar-refractivity contribution in [2.45, 2.75) is 44.1 Å². The second-order valence-corrected chi connectivity index (χ2v) is 8.53. The summed E-state index contributed by atoms with van der Waals surface area (Å²) in [5, 5.41) is 12.6. The molecule has 1 fully saturated rings. The Labute approximate surface area is 185 Å². The molecule has 0 aliphatic carbocycles. The lowest BCUT2D eigenvalue weighted by Gasteiger charge is -2.15. The maximum absolute atomic E-state index is 13.1. The number of halogens is 1. The van der Waals surface area contributed by atoms with Crippen LogP contribution in [0.3, 0.4) is 0 Å². The zero-order chi connectivity index (χ0) is 21.6. The number of nitrogens with one attached hydrogen (secondary N) is 1. The number of hydrogen-bond acceptors (Lipinski definition) is 6. The summed E-state index contributed by atoms with van der Waals surface area (Å²) in [6.45, 7) is 3.86. The number of Topliss-reactive ketones (excluding diaryl/α,β-unsaturated/α-hetero) is 1. The largest absolute Gasteiger partial charge is 0.378 e. The van der Waals surface area contributed by atoms with Crippen molar-refractivity contribution >= 4 is 23.2 Å². The molecule has 0 unspecified atom stereocenters. The Morgan fingerprint density at radius 2 is 1.97 bits per heavy atom. The first-order chi connectivity index (χ1) is 15.1. The molecule has 0 radical (unpaired) electrons. The standard InChI is InChI=1S/C23H25FN4O2S/c1-16-4-6-17(7-5-16)21(29)15-31-23-27-26-22(28(23)14-20-3-2-12-30-20)13-25-19-10-8-18(24)9-11-19/h4-11,20,25H,2-3,12-15H2,1H3/t20-/m0/s1. The number of ether oxygens (including phenoxy) is 1. The van der Waals surface area contributed by atoms with Crippen LogP contribution in [0.4, 0.5) is 10.1 Å². The lowest BCUT2D eigenvalue weighted by Crippen LogP contribution is -2.19. The molecule has 8 heteroatoms. The topological polar surface area (TPSA) is 69.0 Å². The highest BCUT2D eigenvalue weighted by atomic mass is 32.2. The summed E-state index contributed by atoms with van der Waals surface area (Å²) < 4.78 is 21.0. The first-order valence-corrected chi connectivity index (χ1v) is 11.3. The average molecular weight is 441 g/mol. The van der Waals surface area contributed by atoms with Crippen LogP contribution in [0.15, 0.2) is 53.7 Å². The fourth-order valence-corrected chi connectivity index (χ4v) is 4.29. The first kappa shape index (κ1) is 21.5. The molecule has 3 aromatic rings. The molecule has 162 valence electrons. The van der Waals surface area contributed by atoms with E-state index in [4.69, 9.17) is 4.74 Å². The zero-order valence-corrected chi connectivity index (χ0v) is 18.2. The number of carbonyl (C=O) groups is 1. The molecule has 1 aromatic heterocycles. The minimum atomic E-state index is -0.274. The number of ketones is 1. The molecule has 1 aliphatic rings. The molecule has 1 saturated heterocycles. The maximum Gasteiger partial charge on any atom is 0.191 e. The maximum atomic E-state index is 13.1. The van der Waals surface area contributed by atoms with Crippen LogP contribution in [-0.4, -0.2) is 39.0 Å². The van der Waals surface area contributed by atoms with Crippen molar-refractivity contribution in [2.24, 2.45) is 0 Å². The fourth-order valence-electron chi connectivity index (χ4n) is 3.43. The van der Waals surface area contributed by atoms with E-state index in [2.05, 4.69) is 15.5 Å². The molecule has 0 spiro atoms. The number of rotatable bonds is 9. The molecule has 1 N–H and O–H groups in total. The summed E-state index contributed by atoms with van der Waals surface area (Å²) in [5.41, 5.74) is 2.62. The van der Waals surface area contributed by atoms with Crippen molar-refractivity contribution in [3.05, 3.63) is 71.3 Å². The van der Waals surface area contributed by atoms with Gasteiger partial charge in [0.05, 0.1) is 24.9 Å². The Hall–Kier alpha value is -2.71. The number of hydrogen-bond donors (Lipinski definition) is 1. The Morgan fingerprint density at radius 1 is 1.19 bits per heavy atom. The number of thioether (sulfide) groups is 1. The third-order valence-corrected chi connectivity index (χ3v) is 6.17. The summed E-state index contributed by atoms with van der Waals surface area (Å²) in [6, 6.07) is 13.8. The van der Waals surface area contributed by atoms with E-state index in [1.807, 2.05) is 35.8 Å². The molecule has 0 saturated carbocycles. The van der Waals surface area contributed by atoms with E-state index >= 15 is 0 Å². The summed E-state index contributed by atoms with van der Waals surface area (Å²) >= 11 is 1.39. The van der Waals surface area contributed by atoms with Gasteiger partial charge in [0.1, 0.15) is 5.82 Å². The zero-order valence-electron chi connectivity index (χ0n) is 17.4. The molecule has 1 atom stereocenters. The molecule has 6 nitrogen and oxygen atoms in total. The fraction of sp³-hybridized carbons (Fsp3) is 0.348.